The van der Waals surface area contributed by atoms with Crippen LogP contribution in [0.2, 0.25) is 0 Å². The topological polar surface area (TPSA) is 69.1 Å². The van der Waals surface area contributed by atoms with Crippen molar-refractivity contribution in [2.45, 2.75) is 12.8 Å². The van der Waals surface area contributed by atoms with Crippen LogP contribution in [0, 0.1) is 0 Å². The van der Waals surface area contributed by atoms with E-state index in [0.717, 1.165) is 11.8 Å². The fourth-order valence-electron chi connectivity index (χ4n) is 0.835. The third kappa shape index (κ3) is 3.27. The number of hydrogen-bond donors (Lipinski definition) is 2. The second-order valence-corrected chi connectivity index (χ2v) is 2.34. The van der Waals surface area contributed by atoms with E-state index >= 15 is 0 Å². The van der Waals surface area contributed by atoms with Crippen LogP contribution >= 0.6 is 0 Å². The van der Waals surface area contributed by atoms with E-state index in [0.29, 0.717) is 0 Å². The van der Waals surface area contributed by atoms with Gasteiger partial charge in [-0.3, -0.25) is 11.7 Å². The van der Waals surface area contributed by atoms with E-state index in [9.17, 15) is 4.79 Å². The predicted molar refractivity (Wildman–Crippen MR) is 49.3 cm³/mol. The Balaban J connectivity index is 0.000000561. The van der Waals surface area contributed by atoms with Gasteiger partial charge in [0.2, 0.25) is 0 Å². The van der Waals surface area contributed by atoms with Crippen LogP contribution in [0.15, 0.2) is 30.3 Å². The van der Waals surface area contributed by atoms with Gasteiger partial charge in [-0.05, 0) is 5.56 Å². The first-order valence-electron chi connectivity index (χ1n) is 3.68. The molecule has 1 unspecified atom stereocenters. The van der Waals surface area contributed by atoms with E-state index in [4.69, 9.17) is 0 Å². The number of hydrogen-bond acceptors (Lipinski definition) is 3. The molecule has 0 fully saturated rings. The molecule has 1 atom stereocenters. The van der Waals surface area contributed by atoms with E-state index in [1.165, 1.54) is 0 Å². The SMILES string of the molecule is CC(C=O)c1ccccc1.NN. The molecule has 0 aliphatic carbocycles. The summed E-state index contributed by atoms with van der Waals surface area (Å²) in [5.74, 6) is 8.03. The van der Waals surface area contributed by atoms with Gasteiger partial charge >= 0.3 is 0 Å². The Labute approximate surface area is 72.3 Å². The van der Waals surface area contributed by atoms with E-state index in [1.54, 1.807) is 0 Å². The van der Waals surface area contributed by atoms with Crippen molar-refractivity contribution in [1.82, 2.24) is 0 Å². The summed E-state index contributed by atoms with van der Waals surface area (Å²) in [5, 5.41) is 0. The number of hydrazine groups is 1. The third-order valence-electron chi connectivity index (χ3n) is 1.53. The summed E-state index contributed by atoms with van der Waals surface area (Å²) >= 11 is 0. The van der Waals surface area contributed by atoms with E-state index in [2.05, 4.69) is 11.7 Å². The summed E-state index contributed by atoms with van der Waals surface area (Å²) in [5.41, 5.74) is 1.08. The second-order valence-electron chi connectivity index (χ2n) is 2.34. The highest BCUT2D eigenvalue weighted by Crippen LogP contribution is 2.10. The fraction of sp³-hybridized carbons (Fsp3) is 0.222. The second kappa shape index (κ2) is 6.52. The smallest absolute Gasteiger partial charge is 0.127 e. The van der Waals surface area contributed by atoms with Crippen molar-refractivity contribution < 1.29 is 4.79 Å². The highest BCUT2D eigenvalue weighted by molar-refractivity contribution is 5.61. The quantitative estimate of drug-likeness (QED) is 0.388. The molecule has 1 aromatic rings. The highest BCUT2D eigenvalue weighted by Gasteiger charge is 1.99. The Kier molecular flexibility index (Phi) is 5.87. The average Bonchev–Trinajstić information content (AvgIpc) is 2.21. The summed E-state index contributed by atoms with van der Waals surface area (Å²) in [6, 6.07) is 9.74. The molecule has 0 heterocycles. The van der Waals surface area contributed by atoms with Crippen molar-refractivity contribution >= 4 is 6.29 Å². The van der Waals surface area contributed by atoms with E-state index in [1.807, 2.05) is 37.3 Å². The van der Waals surface area contributed by atoms with Crippen molar-refractivity contribution in [2.24, 2.45) is 11.7 Å². The van der Waals surface area contributed by atoms with Crippen LogP contribution < -0.4 is 11.7 Å². The molecule has 12 heavy (non-hydrogen) atoms. The maximum Gasteiger partial charge on any atom is 0.127 e. The van der Waals surface area contributed by atoms with Crippen molar-refractivity contribution in [3.63, 3.8) is 0 Å². The number of nitrogens with two attached hydrogens (primary N) is 2. The molecule has 1 aromatic carbocycles. The van der Waals surface area contributed by atoms with Crippen LogP contribution in [0.25, 0.3) is 0 Å². The number of benzene rings is 1. The zero-order valence-corrected chi connectivity index (χ0v) is 7.10. The first kappa shape index (κ1) is 10.8. The van der Waals surface area contributed by atoms with Crippen LogP contribution in [-0.4, -0.2) is 6.29 Å². The molecule has 3 heteroatoms. The first-order chi connectivity index (χ1) is 5.84. The maximum atomic E-state index is 10.3. The Hall–Kier alpha value is -1.19. The van der Waals surface area contributed by atoms with Gasteiger partial charge in [0.15, 0.2) is 0 Å². The van der Waals surface area contributed by atoms with Gasteiger partial charge in [-0.2, -0.15) is 0 Å². The molecule has 0 aromatic heterocycles. The Morgan fingerprint density at radius 1 is 1.25 bits per heavy atom. The summed E-state index contributed by atoms with van der Waals surface area (Å²) in [4.78, 5) is 10.3. The molecular formula is C9H14N2O. The van der Waals surface area contributed by atoms with Gasteiger partial charge in [-0.1, -0.05) is 37.3 Å². The molecule has 0 bridgehead atoms. The van der Waals surface area contributed by atoms with Gasteiger partial charge in [0, 0.05) is 5.92 Å². The van der Waals surface area contributed by atoms with Gasteiger partial charge in [-0.25, -0.2) is 0 Å². The van der Waals surface area contributed by atoms with Crippen LogP contribution in [0.5, 0.6) is 0 Å². The fourth-order valence-corrected chi connectivity index (χ4v) is 0.835. The largest absolute Gasteiger partial charge is 0.303 e. The Morgan fingerprint density at radius 2 is 1.75 bits per heavy atom. The minimum Gasteiger partial charge on any atom is -0.303 e. The summed E-state index contributed by atoms with van der Waals surface area (Å²) in [6.07, 6.45) is 0.954. The number of carbonyl (C=O) groups excluding carboxylic acids is 1. The van der Waals surface area contributed by atoms with Crippen molar-refractivity contribution in [3.05, 3.63) is 35.9 Å². The molecule has 4 N–H and O–H groups in total. The summed E-state index contributed by atoms with van der Waals surface area (Å²) < 4.78 is 0. The molecule has 0 saturated carbocycles. The third-order valence-corrected chi connectivity index (χ3v) is 1.53. The van der Waals surface area contributed by atoms with E-state index < -0.39 is 0 Å². The highest BCUT2D eigenvalue weighted by atomic mass is 16.1. The molecule has 0 radical (unpaired) electrons. The molecule has 0 saturated heterocycles. The first-order valence-corrected chi connectivity index (χ1v) is 3.68. The van der Waals surface area contributed by atoms with Crippen molar-refractivity contribution in [3.8, 4) is 0 Å². The van der Waals surface area contributed by atoms with Crippen LogP contribution in [0.4, 0.5) is 0 Å². The predicted octanol–water partition coefficient (Wildman–Crippen LogP) is 0.808. The Morgan fingerprint density at radius 3 is 2.17 bits per heavy atom. The summed E-state index contributed by atoms with van der Waals surface area (Å²) in [7, 11) is 0. The number of aldehydes is 1. The Bertz CT molecular complexity index is 211. The molecule has 0 aliphatic heterocycles. The van der Waals surface area contributed by atoms with Crippen LogP contribution in [0.3, 0.4) is 0 Å². The lowest BCUT2D eigenvalue weighted by molar-refractivity contribution is -0.108. The normalized spacial score (nSPS) is 10.9. The molecule has 0 amide bonds. The minimum absolute atomic E-state index is 0.0289. The van der Waals surface area contributed by atoms with Crippen molar-refractivity contribution in [2.75, 3.05) is 0 Å². The summed E-state index contributed by atoms with van der Waals surface area (Å²) in [6.45, 7) is 1.89. The zero-order valence-electron chi connectivity index (χ0n) is 7.10. The minimum atomic E-state index is 0.0289. The lowest BCUT2D eigenvalue weighted by atomic mass is 10.0. The van der Waals surface area contributed by atoms with Gasteiger partial charge in [-0.15, -0.1) is 0 Å². The molecule has 1 rings (SSSR count). The maximum absolute atomic E-state index is 10.3. The van der Waals surface area contributed by atoms with Gasteiger partial charge in [0.25, 0.3) is 0 Å². The standard InChI is InChI=1S/C9H10O.H4N2/c1-8(7-10)9-5-3-2-4-6-9;1-2/h2-8H,1H3;1-2H2. The lowest BCUT2D eigenvalue weighted by Gasteiger charge is -2.00. The monoisotopic (exact) mass is 166 g/mol. The molecule has 0 spiro atoms. The van der Waals surface area contributed by atoms with Crippen LogP contribution in [0.1, 0.15) is 18.4 Å². The van der Waals surface area contributed by atoms with Crippen molar-refractivity contribution in [1.29, 1.82) is 0 Å². The van der Waals surface area contributed by atoms with Gasteiger partial charge in [0.05, 0.1) is 0 Å². The lowest BCUT2D eigenvalue weighted by Crippen LogP contribution is -2.02. The molecule has 0 aliphatic rings. The molecule has 3 nitrogen and oxygen atoms in total. The van der Waals surface area contributed by atoms with E-state index in [-0.39, 0.29) is 5.92 Å². The van der Waals surface area contributed by atoms with Crippen LogP contribution in [-0.2, 0) is 4.79 Å². The molecule has 66 valence electrons. The zero-order chi connectivity index (χ0) is 9.40. The van der Waals surface area contributed by atoms with Gasteiger partial charge in [0.1, 0.15) is 6.29 Å². The molecular weight excluding hydrogens is 152 g/mol. The number of carbonyl (C=O) groups is 1. The average molecular weight is 166 g/mol. The number of rotatable bonds is 2. The van der Waals surface area contributed by atoms with Gasteiger partial charge < -0.3 is 4.79 Å².